The maximum atomic E-state index is 12.4. The Labute approximate surface area is 145 Å². The van der Waals surface area contributed by atoms with Crippen LogP contribution in [-0.4, -0.2) is 60.1 Å². The van der Waals surface area contributed by atoms with Gasteiger partial charge in [-0.1, -0.05) is 30.3 Å². The topological polar surface area (TPSA) is 66.9 Å². The summed E-state index contributed by atoms with van der Waals surface area (Å²) in [6.45, 7) is -0.298. The number of benzene rings is 1. The van der Waals surface area contributed by atoms with Crippen LogP contribution in [-0.2, 0) is 24.0 Å². The Morgan fingerprint density at radius 1 is 1.33 bits per heavy atom. The van der Waals surface area contributed by atoms with Crippen molar-refractivity contribution in [2.24, 2.45) is 0 Å². The van der Waals surface area contributed by atoms with Gasteiger partial charge in [0.1, 0.15) is 10.9 Å². The monoisotopic (exact) mass is 348 g/mol. The SMILES string of the molecule is CN(C)C(=O)COC(=O)[C@H]1CS[C@]2(c3ccccc3)CCC(=O)N12. The van der Waals surface area contributed by atoms with Crippen LogP contribution in [0.3, 0.4) is 0 Å². The van der Waals surface area contributed by atoms with Gasteiger partial charge in [0, 0.05) is 26.3 Å². The fourth-order valence-corrected chi connectivity index (χ4v) is 4.81. The van der Waals surface area contributed by atoms with Crippen molar-refractivity contribution in [2.45, 2.75) is 23.8 Å². The summed E-state index contributed by atoms with van der Waals surface area (Å²) >= 11 is 1.60. The van der Waals surface area contributed by atoms with Crippen molar-refractivity contribution in [3.05, 3.63) is 35.9 Å². The number of ether oxygens (including phenoxy) is 1. The number of thioether (sulfide) groups is 1. The highest BCUT2D eigenvalue weighted by atomic mass is 32.2. The number of carbonyl (C=O) groups excluding carboxylic acids is 3. The molecule has 0 unspecified atom stereocenters. The smallest absolute Gasteiger partial charge is 0.330 e. The Morgan fingerprint density at radius 2 is 2.04 bits per heavy atom. The lowest BCUT2D eigenvalue weighted by Crippen LogP contribution is -2.47. The number of amides is 2. The van der Waals surface area contributed by atoms with Crippen molar-refractivity contribution in [2.75, 3.05) is 26.5 Å². The molecule has 0 bridgehead atoms. The lowest BCUT2D eigenvalue weighted by Gasteiger charge is -2.33. The molecule has 2 saturated heterocycles. The molecule has 2 atom stereocenters. The average molecular weight is 348 g/mol. The maximum absolute atomic E-state index is 12.4. The minimum absolute atomic E-state index is 0.0373. The normalized spacial score (nSPS) is 25.5. The first-order valence-corrected chi connectivity index (χ1v) is 8.83. The number of rotatable bonds is 4. The van der Waals surface area contributed by atoms with Crippen molar-refractivity contribution >= 4 is 29.5 Å². The van der Waals surface area contributed by atoms with E-state index in [0.29, 0.717) is 18.6 Å². The molecule has 128 valence electrons. The van der Waals surface area contributed by atoms with Crippen LogP contribution in [0.15, 0.2) is 30.3 Å². The molecule has 2 heterocycles. The first-order valence-electron chi connectivity index (χ1n) is 7.84. The Morgan fingerprint density at radius 3 is 2.71 bits per heavy atom. The molecule has 2 amide bonds. The quantitative estimate of drug-likeness (QED) is 0.765. The highest BCUT2D eigenvalue weighted by Crippen LogP contribution is 2.54. The van der Waals surface area contributed by atoms with Gasteiger partial charge in [-0.25, -0.2) is 4.79 Å². The standard InChI is InChI=1S/C17H20N2O4S/c1-18(2)15(21)10-23-16(22)13-11-24-17(9-8-14(20)19(13)17)12-6-4-3-5-7-12/h3-7,13H,8-11H2,1-2H3/t13-,17+/m1/s1. The molecular formula is C17H20N2O4S. The van der Waals surface area contributed by atoms with Gasteiger partial charge in [0.05, 0.1) is 0 Å². The summed E-state index contributed by atoms with van der Waals surface area (Å²) < 4.78 is 5.15. The molecule has 2 aliphatic rings. The third-order valence-electron chi connectivity index (χ3n) is 4.46. The summed E-state index contributed by atoms with van der Waals surface area (Å²) in [7, 11) is 3.21. The molecule has 0 N–H and O–H groups in total. The Bertz CT molecular complexity index is 664. The van der Waals surface area contributed by atoms with E-state index in [1.165, 1.54) is 4.90 Å². The second-order valence-corrected chi connectivity index (χ2v) is 7.43. The lowest BCUT2D eigenvalue weighted by atomic mass is 10.0. The fraction of sp³-hybridized carbons (Fsp3) is 0.471. The summed E-state index contributed by atoms with van der Waals surface area (Å²) in [5.74, 6) is -0.345. The van der Waals surface area contributed by atoms with E-state index in [1.807, 2.05) is 30.3 Å². The van der Waals surface area contributed by atoms with Crippen LogP contribution < -0.4 is 0 Å². The predicted octanol–water partition coefficient (Wildman–Crippen LogP) is 1.21. The Hall–Kier alpha value is -2.02. The molecule has 2 fully saturated rings. The van der Waals surface area contributed by atoms with Crippen LogP contribution >= 0.6 is 11.8 Å². The molecule has 24 heavy (non-hydrogen) atoms. The Kier molecular flexibility index (Phi) is 4.54. The highest BCUT2D eigenvalue weighted by Gasteiger charge is 2.57. The molecule has 0 aliphatic carbocycles. The first kappa shape index (κ1) is 16.8. The van der Waals surface area contributed by atoms with E-state index in [1.54, 1.807) is 30.8 Å². The van der Waals surface area contributed by atoms with E-state index in [-0.39, 0.29) is 18.4 Å². The first-order chi connectivity index (χ1) is 11.5. The van der Waals surface area contributed by atoms with E-state index in [4.69, 9.17) is 4.74 Å². The van der Waals surface area contributed by atoms with Crippen molar-refractivity contribution in [3.8, 4) is 0 Å². The molecule has 3 rings (SSSR count). The molecule has 0 aromatic heterocycles. The number of hydrogen-bond acceptors (Lipinski definition) is 5. The zero-order valence-electron chi connectivity index (χ0n) is 13.7. The van der Waals surface area contributed by atoms with Gasteiger partial charge in [-0.05, 0) is 12.0 Å². The molecular weight excluding hydrogens is 328 g/mol. The predicted molar refractivity (Wildman–Crippen MR) is 90.1 cm³/mol. The van der Waals surface area contributed by atoms with Gasteiger partial charge in [-0.15, -0.1) is 11.8 Å². The van der Waals surface area contributed by atoms with Gasteiger partial charge in [-0.3, -0.25) is 9.59 Å². The second kappa shape index (κ2) is 6.47. The number of fused-ring (bicyclic) bond motifs is 1. The van der Waals surface area contributed by atoms with Gasteiger partial charge < -0.3 is 14.5 Å². The largest absolute Gasteiger partial charge is 0.454 e. The van der Waals surface area contributed by atoms with Crippen molar-refractivity contribution in [3.63, 3.8) is 0 Å². The van der Waals surface area contributed by atoms with Crippen LogP contribution in [0.1, 0.15) is 18.4 Å². The summed E-state index contributed by atoms with van der Waals surface area (Å²) in [6, 6.07) is 9.14. The summed E-state index contributed by atoms with van der Waals surface area (Å²) in [4.78, 5) is 39.0. The average Bonchev–Trinajstić information content (AvgIpc) is 3.12. The number of nitrogens with zero attached hydrogens (tertiary/aromatic N) is 2. The van der Waals surface area contributed by atoms with Gasteiger partial charge in [0.15, 0.2) is 6.61 Å². The highest BCUT2D eigenvalue weighted by molar-refractivity contribution is 8.00. The van der Waals surface area contributed by atoms with Crippen LogP contribution in [0.25, 0.3) is 0 Å². The molecule has 0 spiro atoms. The third-order valence-corrected chi connectivity index (χ3v) is 6.06. The van der Waals surface area contributed by atoms with Crippen LogP contribution in [0, 0.1) is 0 Å². The number of hydrogen-bond donors (Lipinski definition) is 0. The zero-order chi connectivity index (χ0) is 17.3. The van der Waals surface area contributed by atoms with Crippen molar-refractivity contribution < 1.29 is 19.1 Å². The second-order valence-electron chi connectivity index (χ2n) is 6.14. The van der Waals surface area contributed by atoms with E-state index in [9.17, 15) is 14.4 Å². The van der Waals surface area contributed by atoms with Gasteiger partial charge in [0.25, 0.3) is 5.91 Å². The molecule has 1 aromatic rings. The zero-order valence-corrected chi connectivity index (χ0v) is 14.5. The number of carbonyl (C=O) groups is 3. The number of likely N-dealkylation sites (N-methyl/N-ethyl adjacent to an activating group) is 1. The van der Waals surface area contributed by atoms with Crippen molar-refractivity contribution in [1.82, 2.24) is 9.80 Å². The fourth-order valence-electron chi connectivity index (χ4n) is 3.17. The number of esters is 1. The van der Waals surface area contributed by atoms with Crippen molar-refractivity contribution in [1.29, 1.82) is 0 Å². The Balaban J connectivity index is 1.79. The maximum Gasteiger partial charge on any atom is 0.330 e. The van der Waals surface area contributed by atoms with Gasteiger partial charge in [-0.2, -0.15) is 0 Å². The molecule has 1 aromatic carbocycles. The van der Waals surface area contributed by atoms with E-state index >= 15 is 0 Å². The van der Waals surface area contributed by atoms with Crippen LogP contribution in [0.5, 0.6) is 0 Å². The summed E-state index contributed by atoms with van der Waals surface area (Å²) in [5, 5.41) is 0. The van der Waals surface area contributed by atoms with E-state index in [2.05, 4.69) is 0 Å². The lowest BCUT2D eigenvalue weighted by molar-refractivity contribution is -0.158. The van der Waals surface area contributed by atoms with E-state index in [0.717, 1.165) is 5.56 Å². The van der Waals surface area contributed by atoms with Gasteiger partial charge in [0.2, 0.25) is 5.91 Å². The summed E-state index contributed by atoms with van der Waals surface area (Å²) in [5.41, 5.74) is 1.03. The molecule has 7 heteroatoms. The minimum Gasteiger partial charge on any atom is -0.454 e. The van der Waals surface area contributed by atoms with Crippen LogP contribution in [0.2, 0.25) is 0 Å². The summed E-state index contributed by atoms with van der Waals surface area (Å²) in [6.07, 6.45) is 1.10. The van der Waals surface area contributed by atoms with E-state index < -0.39 is 16.9 Å². The van der Waals surface area contributed by atoms with Crippen LogP contribution in [0.4, 0.5) is 0 Å². The molecule has 2 aliphatic heterocycles. The van der Waals surface area contributed by atoms with Gasteiger partial charge >= 0.3 is 5.97 Å². The minimum atomic E-state index is -0.639. The molecule has 0 saturated carbocycles. The molecule has 6 nitrogen and oxygen atoms in total. The third kappa shape index (κ3) is 2.77. The molecule has 0 radical (unpaired) electrons.